The lowest BCUT2D eigenvalue weighted by atomic mass is 10.4. The molecule has 1 amide bonds. The van der Waals surface area contributed by atoms with E-state index in [-0.39, 0.29) is 5.91 Å². The molecule has 6 heteroatoms. The SMILES string of the molecule is CC(=O)NCCNCCc1nncn1C. The van der Waals surface area contributed by atoms with E-state index in [9.17, 15) is 4.79 Å². The van der Waals surface area contributed by atoms with E-state index in [0.717, 1.165) is 25.3 Å². The molecule has 0 fully saturated rings. The maximum absolute atomic E-state index is 10.5. The lowest BCUT2D eigenvalue weighted by Crippen LogP contribution is -2.31. The molecule has 0 bridgehead atoms. The van der Waals surface area contributed by atoms with Gasteiger partial charge >= 0.3 is 0 Å². The fraction of sp³-hybridized carbons (Fsp3) is 0.667. The molecule has 6 nitrogen and oxygen atoms in total. The Hall–Kier alpha value is -1.43. The van der Waals surface area contributed by atoms with E-state index >= 15 is 0 Å². The summed E-state index contributed by atoms with van der Waals surface area (Å²) >= 11 is 0. The molecule has 0 radical (unpaired) electrons. The monoisotopic (exact) mass is 211 g/mol. The molecule has 0 aromatic carbocycles. The standard InChI is InChI=1S/C9H17N5O/c1-8(15)11-6-5-10-4-3-9-13-12-7-14(9)2/h7,10H,3-6H2,1-2H3,(H,11,15). The van der Waals surface area contributed by atoms with Gasteiger partial charge in [-0.2, -0.15) is 0 Å². The first-order valence-corrected chi connectivity index (χ1v) is 4.98. The summed E-state index contributed by atoms with van der Waals surface area (Å²) in [5, 5.41) is 13.7. The summed E-state index contributed by atoms with van der Waals surface area (Å²) in [5.74, 6) is 0.965. The van der Waals surface area contributed by atoms with E-state index in [1.165, 1.54) is 6.92 Å². The van der Waals surface area contributed by atoms with E-state index in [0.29, 0.717) is 6.54 Å². The first-order chi connectivity index (χ1) is 7.20. The summed E-state index contributed by atoms with van der Waals surface area (Å²) in [6.45, 7) is 3.79. The van der Waals surface area contributed by atoms with E-state index < -0.39 is 0 Å². The molecular weight excluding hydrogens is 194 g/mol. The molecule has 0 aliphatic carbocycles. The molecule has 0 saturated heterocycles. The Kier molecular flexibility index (Phi) is 4.76. The minimum absolute atomic E-state index is 0.00472. The van der Waals surface area contributed by atoms with Crippen molar-refractivity contribution in [2.24, 2.45) is 7.05 Å². The first-order valence-electron chi connectivity index (χ1n) is 4.98. The van der Waals surface area contributed by atoms with E-state index in [1.54, 1.807) is 6.33 Å². The van der Waals surface area contributed by atoms with Crippen LogP contribution in [-0.4, -0.2) is 40.3 Å². The maximum atomic E-state index is 10.5. The summed E-state index contributed by atoms with van der Waals surface area (Å²) in [6, 6.07) is 0. The van der Waals surface area contributed by atoms with Gasteiger partial charge in [0.1, 0.15) is 12.2 Å². The number of aromatic nitrogens is 3. The number of carbonyl (C=O) groups is 1. The van der Waals surface area contributed by atoms with Crippen LogP contribution < -0.4 is 10.6 Å². The van der Waals surface area contributed by atoms with Crippen LogP contribution in [0.25, 0.3) is 0 Å². The highest BCUT2D eigenvalue weighted by molar-refractivity contribution is 5.72. The van der Waals surface area contributed by atoms with Crippen LogP contribution >= 0.6 is 0 Å². The Morgan fingerprint density at radius 1 is 1.47 bits per heavy atom. The maximum Gasteiger partial charge on any atom is 0.216 e. The van der Waals surface area contributed by atoms with Crippen molar-refractivity contribution in [1.82, 2.24) is 25.4 Å². The molecule has 0 aliphatic heterocycles. The molecule has 0 atom stereocenters. The van der Waals surface area contributed by atoms with Crippen molar-refractivity contribution in [3.63, 3.8) is 0 Å². The van der Waals surface area contributed by atoms with Gasteiger partial charge in [0.05, 0.1) is 0 Å². The van der Waals surface area contributed by atoms with Crippen LogP contribution in [0.1, 0.15) is 12.7 Å². The van der Waals surface area contributed by atoms with Gasteiger partial charge in [0.2, 0.25) is 5.91 Å². The molecule has 2 N–H and O–H groups in total. The van der Waals surface area contributed by atoms with Crippen LogP contribution in [0.3, 0.4) is 0 Å². The minimum atomic E-state index is 0.00472. The Morgan fingerprint density at radius 3 is 2.87 bits per heavy atom. The van der Waals surface area contributed by atoms with E-state index in [2.05, 4.69) is 20.8 Å². The number of aryl methyl sites for hydroxylation is 1. The van der Waals surface area contributed by atoms with Gasteiger partial charge in [-0.25, -0.2) is 0 Å². The van der Waals surface area contributed by atoms with Gasteiger partial charge in [-0.1, -0.05) is 0 Å². The summed E-state index contributed by atoms with van der Waals surface area (Å²) in [4.78, 5) is 10.5. The van der Waals surface area contributed by atoms with Crippen molar-refractivity contribution in [3.05, 3.63) is 12.2 Å². The van der Waals surface area contributed by atoms with E-state index in [4.69, 9.17) is 0 Å². The molecule has 0 spiro atoms. The number of nitrogens with zero attached hydrogens (tertiary/aromatic N) is 3. The molecule has 0 unspecified atom stereocenters. The fourth-order valence-electron chi connectivity index (χ4n) is 1.19. The van der Waals surface area contributed by atoms with Gasteiger partial charge in [-0.05, 0) is 0 Å². The van der Waals surface area contributed by atoms with Gasteiger partial charge in [-0.3, -0.25) is 4.79 Å². The molecule has 15 heavy (non-hydrogen) atoms. The van der Waals surface area contributed by atoms with Gasteiger partial charge in [0.25, 0.3) is 0 Å². The number of amides is 1. The smallest absolute Gasteiger partial charge is 0.216 e. The van der Waals surface area contributed by atoms with E-state index in [1.807, 2.05) is 11.6 Å². The third-order valence-corrected chi connectivity index (χ3v) is 2.01. The van der Waals surface area contributed by atoms with Crippen molar-refractivity contribution in [3.8, 4) is 0 Å². The second kappa shape index (κ2) is 6.13. The topological polar surface area (TPSA) is 71.8 Å². The number of hydrogen-bond donors (Lipinski definition) is 2. The molecule has 0 saturated carbocycles. The predicted molar refractivity (Wildman–Crippen MR) is 56.3 cm³/mol. The number of hydrogen-bond acceptors (Lipinski definition) is 4. The van der Waals surface area contributed by atoms with Crippen LogP contribution in [0.4, 0.5) is 0 Å². The van der Waals surface area contributed by atoms with Crippen LogP contribution in [0.2, 0.25) is 0 Å². The largest absolute Gasteiger partial charge is 0.355 e. The molecule has 1 heterocycles. The summed E-state index contributed by atoms with van der Waals surface area (Å²) < 4.78 is 1.90. The first kappa shape index (κ1) is 11.6. The molecule has 1 aromatic rings. The highest BCUT2D eigenvalue weighted by Gasteiger charge is 1.98. The quantitative estimate of drug-likeness (QED) is 0.597. The third kappa shape index (κ3) is 4.55. The van der Waals surface area contributed by atoms with Crippen LogP contribution in [0.5, 0.6) is 0 Å². The number of nitrogens with one attached hydrogen (secondary N) is 2. The van der Waals surface area contributed by atoms with Crippen molar-refractivity contribution in [2.75, 3.05) is 19.6 Å². The summed E-state index contributed by atoms with van der Waals surface area (Å²) in [5.41, 5.74) is 0. The van der Waals surface area contributed by atoms with Crippen LogP contribution in [0, 0.1) is 0 Å². The van der Waals surface area contributed by atoms with Crippen molar-refractivity contribution in [2.45, 2.75) is 13.3 Å². The minimum Gasteiger partial charge on any atom is -0.355 e. The fourth-order valence-corrected chi connectivity index (χ4v) is 1.19. The zero-order chi connectivity index (χ0) is 11.1. The second-order valence-corrected chi connectivity index (χ2v) is 3.34. The Balaban J connectivity index is 2.03. The lowest BCUT2D eigenvalue weighted by Gasteiger charge is -2.04. The Morgan fingerprint density at radius 2 is 2.27 bits per heavy atom. The third-order valence-electron chi connectivity index (χ3n) is 2.01. The normalized spacial score (nSPS) is 10.3. The molecule has 1 aromatic heterocycles. The average Bonchev–Trinajstić information content (AvgIpc) is 2.57. The van der Waals surface area contributed by atoms with Crippen molar-refractivity contribution < 1.29 is 4.79 Å². The number of rotatable bonds is 6. The van der Waals surface area contributed by atoms with Gasteiger partial charge in [-0.15, -0.1) is 10.2 Å². The Bertz CT molecular complexity index is 309. The summed E-state index contributed by atoms with van der Waals surface area (Å²) in [6.07, 6.45) is 2.53. The van der Waals surface area contributed by atoms with Gasteiger partial charge in [0.15, 0.2) is 0 Å². The molecule has 0 aliphatic rings. The zero-order valence-electron chi connectivity index (χ0n) is 9.16. The van der Waals surface area contributed by atoms with Crippen LogP contribution in [0.15, 0.2) is 6.33 Å². The van der Waals surface area contributed by atoms with Gasteiger partial charge in [0, 0.05) is 40.0 Å². The van der Waals surface area contributed by atoms with Crippen molar-refractivity contribution in [1.29, 1.82) is 0 Å². The predicted octanol–water partition coefficient (Wildman–Crippen LogP) is -0.917. The molecular formula is C9H17N5O. The highest BCUT2D eigenvalue weighted by atomic mass is 16.1. The highest BCUT2D eigenvalue weighted by Crippen LogP contribution is 1.90. The molecule has 84 valence electrons. The lowest BCUT2D eigenvalue weighted by molar-refractivity contribution is -0.118. The number of carbonyl (C=O) groups excluding carboxylic acids is 1. The average molecular weight is 211 g/mol. The van der Waals surface area contributed by atoms with Crippen molar-refractivity contribution >= 4 is 5.91 Å². The second-order valence-electron chi connectivity index (χ2n) is 3.34. The van der Waals surface area contributed by atoms with Crippen LogP contribution in [-0.2, 0) is 18.3 Å². The molecule has 1 rings (SSSR count). The van der Waals surface area contributed by atoms with Gasteiger partial charge < -0.3 is 15.2 Å². The Labute approximate surface area is 89.1 Å². The summed E-state index contributed by atoms with van der Waals surface area (Å²) in [7, 11) is 1.92. The zero-order valence-corrected chi connectivity index (χ0v) is 9.16.